The zero-order chi connectivity index (χ0) is 15.4. The van der Waals surface area contributed by atoms with Gasteiger partial charge in [0, 0.05) is 17.8 Å². The molecule has 0 aromatic heterocycles. The molecule has 0 radical (unpaired) electrons. The van der Waals surface area contributed by atoms with Crippen LogP contribution in [0.3, 0.4) is 0 Å². The number of hydrogen-bond donors (Lipinski definition) is 1. The van der Waals surface area contributed by atoms with Gasteiger partial charge in [-0.2, -0.15) is 0 Å². The van der Waals surface area contributed by atoms with Crippen LogP contribution in [0.2, 0.25) is 5.02 Å². The highest BCUT2D eigenvalue weighted by Crippen LogP contribution is 2.23. The number of nitrogens with one attached hydrogen (secondary N) is 1. The Labute approximate surface area is 126 Å². The predicted octanol–water partition coefficient (Wildman–Crippen LogP) is 4.06. The van der Waals surface area contributed by atoms with E-state index in [1.165, 1.54) is 18.2 Å². The number of carbonyl (C=O) groups excluding carboxylic acids is 1. The molecule has 2 aromatic carbocycles. The van der Waals surface area contributed by atoms with Crippen LogP contribution in [0.15, 0.2) is 42.5 Å². The van der Waals surface area contributed by atoms with E-state index < -0.39 is 10.8 Å². The maximum absolute atomic E-state index is 12.2. The number of nitrogens with zero attached hydrogens (tertiary/aromatic N) is 1. The molecule has 1 N–H and O–H groups in total. The number of rotatable bonds is 4. The molecule has 0 aliphatic heterocycles. The van der Waals surface area contributed by atoms with Crippen molar-refractivity contribution in [1.82, 2.24) is 0 Å². The van der Waals surface area contributed by atoms with Crippen LogP contribution in [-0.2, 0) is 6.42 Å². The fourth-order valence-electron chi connectivity index (χ4n) is 1.87. The summed E-state index contributed by atoms with van der Waals surface area (Å²) >= 11 is 5.94. The average Bonchev–Trinajstić information content (AvgIpc) is 2.47. The molecule has 0 saturated heterocycles. The average molecular weight is 305 g/mol. The highest BCUT2D eigenvalue weighted by molar-refractivity contribution is 6.34. The van der Waals surface area contributed by atoms with Gasteiger partial charge in [0.2, 0.25) is 0 Å². The summed E-state index contributed by atoms with van der Waals surface area (Å²) < 4.78 is 0. The summed E-state index contributed by atoms with van der Waals surface area (Å²) in [4.78, 5) is 22.4. The number of benzene rings is 2. The number of nitro groups is 1. The monoisotopic (exact) mass is 304 g/mol. The fourth-order valence-corrected chi connectivity index (χ4v) is 2.07. The lowest BCUT2D eigenvalue weighted by Gasteiger charge is -2.08. The van der Waals surface area contributed by atoms with Gasteiger partial charge in [0.1, 0.15) is 0 Å². The van der Waals surface area contributed by atoms with Crippen molar-refractivity contribution in [2.75, 3.05) is 5.32 Å². The molecule has 0 spiro atoms. The van der Waals surface area contributed by atoms with Gasteiger partial charge in [0.15, 0.2) is 0 Å². The van der Waals surface area contributed by atoms with Crippen molar-refractivity contribution < 1.29 is 9.72 Å². The van der Waals surface area contributed by atoms with Crippen LogP contribution in [0, 0.1) is 10.1 Å². The molecule has 0 bridgehead atoms. The minimum atomic E-state index is -0.565. The summed E-state index contributed by atoms with van der Waals surface area (Å²) in [6.45, 7) is 2.01. The van der Waals surface area contributed by atoms with Gasteiger partial charge in [-0.25, -0.2) is 0 Å². The predicted molar refractivity (Wildman–Crippen MR) is 81.9 cm³/mol. The van der Waals surface area contributed by atoms with Crippen LogP contribution in [0.25, 0.3) is 0 Å². The third-order valence-corrected chi connectivity index (χ3v) is 3.33. The largest absolute Gasteiger partial charge is 0.322 e. The Morgan fingerprint density at radius 3 is 2.71 bits per heavy atom. The molecule has 0 heterocycles. The van der Waals surface area contributed by atoms with Gasteiger partial charge in [-0.05, 0) is 30.2 Å². The molecule has 0 atom stereocenters. The number of anilines is 1. The SMILES string of the molecule is CCc1cccc(NC(=O)c2cc([N+](=O)[O-])ccc2Cl)c1. The molecule has 0 aliphatic rings. The van der Waals surface area contributed by atoms with E-state index >= 15 is 0 Å². The number of halogens is 1. The quantitative estimate of drug-likeness (QED) is 0.683. The molecule has 5 nitrogen and oxygen atoms in total. The third kappa shape index (κ3) is 3.58. The van der Waals surface area contributed by atoms with Gasteiger partial charge in [0.25, 0.3) is 11.6 Å². The van der Waals surface area contributed by atoms with Gasteiger partial charge in [-0.15, -0.1) is 0 Å². The van der Waals surface area contributed by atoms with Crippen LogP contribution in [0.5, 0.6) is 0 Å². The number of nitro benzene ring substituents is 1. The Hall–Kier alpha value is -2.40. The number of aryl methyl sites for hydroxylation is 1. The molecular formula is C15H13ClN2O3. The van der Waals surface area contributed by atoms with Crippen molar-refractivity contribution in [2.24, 2.45) is 0 Å². The van der Waals surface area contributed by atoms with Crippen LogP contribution in [0.1, 0.15) is 22.8 Å². The van der Waals surface area contributed by atoms with Crippen LogP contribution >= 0.6 is 11.6 Å². The first-order valence-corrected chi connectivity index (χ1v) is 6.73. The lowest BCUT2D eigenvalue weighted by Crippen LogP contribution is -2.13. The van der Waals surface area contributed by atoms with Crippen LogP contribution in [0.4, 0.5) is 11.4 Å². The number of amides is 1. The second-order valence-corrected chi connectivity index (χ2v) is 4.84. The molecule has 6 heteroatoms. The Bertz CT molecular complexity index is 701. The minimum Gasteiger partial charge on any atom is -0.322 e. The van der Waals surface area contributed by atoms with Gasteiger partial charge in [0.05, 0.1) is 15.5 Å². The van der Waals surface area contributed by atoms with Crippen molar-refractivity contribution >= 4 is 28.9 Å². The summed E-state index contributed by atoms with van der Waals surface area (Å²) in [5.74, 6) is -0.475. The molecule has 1 amide bonds. The standard InChI is InChI=1S/C15H13ClN2O3/c1-2-10-4-3-5-11(8-10)17-15(19)13-9-12(18(20)21)6-7-14(13)16/h3-9H,2H2,1H3,(H,17,19). The minimum absolute atomic E-state index is 0.0766. The molecule has 0 aliphatic carbocycles. The topological polar surface area (TPSA) is 72.2 Å². The van der Waals surface area contributed by atoms with Crippen molar-refractivity contribution in [3.63, 3.8) is 0 Å². The van der Waals surface area contributed by atoms with E-state index in [0.29, 0.717) is 5.69 Å². The zero-order valence-corrected chi connectivity index (χ0v) is 12.1. The molecule has 108 valence electrons. The van der Waals surface area contributed by atoms with Gasteiger partial charge in [-0.1, -0.05) is 30.7 Å². The summed E-state index contributed by atoms with van der Waals surface area (Å²) in [7, 11) is 0. The first kappa shape index (κ1) is 15.0. The van der Waals surface area contributed by atoms with Crippen molar-refractivity contribution in [1.29, 1.82) is 0 Å². The number of carbonyl (C=O) groups is 1. The highest BCUT2D eigenvalue weighted by atomic mass is 35.5. The smallest absolute Gasteiger partial charge is 0.270 e. The van der Waals surface area contributed by atoms with Crippen molar-refractivity contribution in [2.45, 2.75) is 13.3 Å². The molecule has 2 rings (SSSR count). The highest BCUT2D eigenvalue weighted by Gasteiger charge is 2.16. The molecule has 0 fully saturated rings. The first-order valence-electron chi connectivity index (χ1n) is 6.35. The maximum Gasteiger partial charge on any atom is 0.270 e. The summed E-state index contributed by atoms with van der Waals surface area (Å²) in [6.07, 6.45) is 0.848. The van der Waals surface area contributed by atoms with Crippen LogP contribution < -0.4 is 5.32 Å². The zero-order valence-electron chi connectivity index (χ0n) is 11.3. The second-order valence-electron chi connectivity index (χ2n) is 4.43. The lowest BCUT2D eigenvalue weighted by molar-refractivity contribution is -0.384. The summed E-state index contributed by atoms with van der Waals surface area (Å²) in [6, 6.07) is 11.2. The van der Waals surface area contributed by atoms with E-state index in [-0.39, 0.29) is 16.3 Å². The molecular weight excluding hydrogens is 292 g/mol. The Morgan fingerprint density at radius 2 is 2.05 bits per heavy atom. The number of hydrogen-bond acceptors (Lipinski definition) is 3. The maximum atomic E-state index is 12.2. The Kier molecular flexibility index (Phi) is 4.55. The van der Waals surface area contributed by atoms with E-state index in [1.807, 2.05) is 25.1 Å². The first-order chi connectivity index (χ1) is 10.0. The van der Waals surface area contributed by atoms with Gasteiger partial charge in [-0.3, -0.25) is 14.9 Å². The molecule has 21 heavy (non-hydrogen) atoms. The van der Waals surface area contributed by atoms with Crippen molar-refractivity contribution in [3.8, 4) is 0 Å². The van der Waals surface area contributed by atoms with Gasteiger partial charge >= 0.3 is 0 Å². The fraction of sp³-hybridized carbons (Fsp3) is 0.133. The number of non-ortho nitro benzene ring substituents is 1. The third-order valence-electron chi connectivity index (χ3n) is 3.00. The molecule has 2 aromatic rings. The summed E-state index contributed by atoms with van der Waals surface area (Å²) in [5.41, 5.74) is 1.61. The van der Waals surface area contributed by atoms with E-state index in [0.717, 1.165) is 12.0 Å². The summed E-state index contributed by atoms with van der Waals surface area (Å²) in [5, 5.41) is 13.6. The van der Waals surface area contributed by atoms with Gasteiger partial charge < -0.3 is 5.32 Å². The van der Waals surface area contributed by atoms with E-state index in [2.05, 4.69) is 5.32 Å². The van der Waals surface area contributed by atoms with E-state index in [1.54, 1.807) is 6.07 Å². The lowest BCUT2D eigenvalue weighted by atomic mass is 10.1. The second kappa shape index (κ2) is 6.37. The normalized spacial score (nSPS) is 10.2. The Morgan fingerprint density at radius 1 is 1.29 bits per heavy atom. The van der Waals surface area contributed by atoms with Crippen molar-refractivity contribution in [3.05, 3.63) is 68.7 Å². The molecule has 0 saturated carbocycles. The van der Waals surface area contributed by atoms with Crippen LogP contribution in [-0.4, -0.2) is 10.8 Å². The Balaban J connectivity index is 2.27. The van der Waals surface area contributed by atoms with E-state index in [4.69, 9.17) is 11.6 Å². The molecule has 0 unspecified atom stereocenters. The van der Waals surface area contributed by atoms with E-state index in [9.17, 15) is 14.9 Å².